The van der Waals surface area contributed by atoms with E-state index in [1.54, 1.807) is 48.7 Å². The monoisotopic (exact) mass is 523 g/mol. The third-order valence-corrected chi connectivity index (χ3v) is 6.33. The van der Waals surface area contributed by atoms with Gasteiger partial charge in [0.05, 0.1) is 60.5 Å². The molecule has 1 aliphatic rings. The van der Waals surface area contributed by atoms with Crippen LogP contribution in [0.5, 0.6) is 34.5 Å². The number of hydrogen-bond donors (Lipinski definition) is 1. The Bertz CT molecular complexity index is 1300. The molecule has 1 fully saturated rings. The number of anilines is 2. The van der Waals surface area contributed by atoms with E-state index in [1.807, 2.05) is 0 Å². The lowest BCUT2D eigenvalue weighted by Crippen LogP contribution is -2.67. The quantitative estimate of drug-likeness (QED) is 0.399. The molecule has 0 spiro atoms. The average molecular weight is 524 g/mol. The number of nitrogens with one attached hydrogen (secondary N) is 1. The van der Waals surface area contributed by atoms with Crippen molar-refractivity contribution in [2.75, 3.05) is 52.9 Å². The summed E-state index contributed by atoms with van der Waals surface area (Å²) in [5, 5.41) is 2.91. The van der Waals surface area contributed by atoms with Gasteiger partial charge in [0, 0.05) is 36.1 Å². The van der Waals surface area contributed by atoms with Crippen LogP contribution in [0.15, 0.2) is 48.7 Å². The highest BCUT2D eigenvalue weighted by molar-refractivity contribution is 6.17. The fraction of sp³-hybridized carbons (Fsp3) is 0.296. The molecule has 0 bridgehead atoms. The van der Waals surface area contributed by atoms with Crippen molar-refractivity contribution in [2.45, 2.75) is 12.0 Å². The smallest absolute Gasteiger partial charge is 0.257 e. The number of rotatable bonds is 10. The van der Waals surface area contributed by atoms with Crippen LogP contribution in [0.3, 0.4) is 0 Å². The maximum absolute atomic E-state index is 14.1. The Morgan fingerprint density at radius 2 is 1.34 bits per heavy atom. The number of methoxy groups -OCH3 is 6. The molecule has 2 heterocycles. The number of carbonyl (C=O) groups is 2. The lowest BCUT2D eigenvalue weighted by Gasteiger charge is -2.49. The Kier molecular flexibility index (Phi) is 7.47. The highest BCUT2D eigenvalue weighted by Crippen LogP contribution is 2.50. The minimum absolute atomic E-state index is 0.114. The van der Waals surface area contributed by atoms with Gasteiger partial charge in [-0.05, 0) is 12.1 Å². The second kappa shape index (κ2) is 10.8. The normalized spacial score (nSPS) is 16.3. The molecule has 2 aromatic carbocycles. The number of pyridine rings is 1. The molecule has 4 rings (SSSR count). The van der Waals surface area contributed by atoms with Gasteiger partial charge in [0.1, 0.15) is 0 Å². The molecule has 1 aromatic heterocycles. The minimum Gasteiger partial charge on any atom is -0.493 e. The highest BCUT2D eigenvalue weighted by Gasteiger charge is 2.60. The van der Waals surface area contributed by atoms with Gasteiger partial charge >= 0.3 is 0 Å². The molecule has 1 aliphatic heterocycles. The molecule has 1 N–H and O–H groups in total. The predicted molar refractivity (Wildman–Crippen MR) is 139 cm³/mol. The molecule has 200 valence electrons. The third-order valence-electron chi connectivity index (χ3n) is 6.33. The van der Waals surface area contributed by atoms with Crippen molar-refractivity contribution in [3.8, 4) is 34.5 Å². The van der Waals surface area contributed by atoms with Crippen molar-refractivity contribution < 1.29 is 38.0 Å². The van der Waals surface area contributed by atoms with Crippen LogP contribution in [-0.4, -0.2) is 59.5 Å². The molecule has 2 amide bonds. The second-order valence-corrected chi connectivity index (χ2v) is 8.23. The molecular weight excluding hydrogens is 494 g/mol. The van der Waals surface area contributed by atoms with E-state index >= 15 is 0 Å². The van der Waals surface area contributed by atoms with Crippen LogP contribution >= 0.6 is 0 Å². The van der Waals surface area contributed by atoms with E-state index in [2.05, 4.69) is 10.3 Å². The van der Waals surface area contributed by atoms with Gasteiger partial charge in [-0.25, -0.2) is 0 Å². The number of hydrogen-bond acceptors (Lipinski definition) is 9. The van der Waals surface area contributed by atoms with Crippen LogP contribution in [0, 0.1) is 0 Å². The SMILES string of the molecule is COc1cc(NC(=O)C2(c3ccccn3)CC(=O)N2c2cc(OC)c(OC)c(OC)c2)cc(OC)c1OC. The molecule has 0 saturated carbocycles. The van der Waals surface area contributed by atoms with Crippen LogP contribution < -0.4 is 38.6 Å². The summed E-state index contributed by atoms with van der Waals surface area (Å²) in [7, 11) is 8.89. The van der Waals surface area contributed by atoms with Gasteiger partial charge in [0.15, 0.2) is 28.5 Å². The number of β-lactam (4-membered cyclic amide) rings is 1. The van der Waals surface area contributed by atoms with Gasteiger partial charge in [-0.3, -0.25) is 19.5 Å². The predicted octanol–water partition coefficient (Wildman–Crippen LogP) is 3.40. The van der Waals surface area contributed by atoms with Crippen LogP contribution in [0.25, 0.3) is 0 Å². The topological polar surface area (TPSA) is 118 Å². The molecule has 0 aliphatic carbocycles. The molecule has 11 nitrogen and oxygen atoms in total. The van der Waals surface area contributed by atoms with Crippen LogP contribution in [0.4, 0.5) is 11.4 Å². The Hall–Kier alpha value is -4.67. The summed E-state index contributed by atoms with van der Waals surface area (Å²) in [6.45, 7) is 0. The van der Waals surface area contributed by atoms with Crippen molar-refractivity contribution in [1.29, 1.82) is 0 Å². The molecule has 1 unspecified atom stereocenters. The van der Waals surface area contributed by atoms with Crippen molar-refractivity contribution in [3.63, 3.8) is 0 Å². The summed E-state index contributed by atoms with van der Waals surface area (Å²) in [6.07, 6.45) is 1.46. The molecular formula is C27H29N3O8. The first-order valence-electron chi connectivity index (χ1n) is 11.5. The molecule has 1 atom stereocenters. The lowest BCUT2D eigenvalue weighted by atomic mass is 9.78. The van der Waals surface area contributed by atoms with E-state index in [0.29, 0.717) is 51.6 Å². The summed E-state index contributed by atoms with van der Waals surface area (Å²) in [4.78, 5) is 33.1. The number of benzene rings is 2. The zero-order valence-corrected chi connectivity index (χ0v) is 22.0. The molecule has 11 heteroatoms. The van der Waals surface area contributed by atoms with Gasteiger partial charge in [-0.1, -0.05) is 6.07 Å². The standard InChI is InChI=1S/C27H29N3O8/c1-33-18-11-16(12-19(34-2)24(18)37-5)29-26(32)27(22-9-7-8-10-28-22)15-23(31)30(27)17-13-20(35-3)25(38-6)21(14-17)36-4/h7-14H,15H2,1-6H3,(H,29,32). The number of ether oxygens (including phenoxy) is 6. The Morgan fingerprint density at radius 3 is 1.76 bits per heavy atom. The first kappa shape index (κ1) is 26.4. The Balaban J connectivity index is 1.84. The van der Waals surface area contributed by atoms with E-state index in [4.69, 9.17) is 28.4 Å². The van der Waals surface area contributed by atoms with E-state index in [-0.39, 0.29) is 12.3 Å². The summed E-state index contributed by atoms with van der Waals surface area (Å²) in [5.74, 6) is 1.36. The van der Waals surface area contributed by atoms with Crippen molar-refractivity contribution >= 4 is 23.2 Å². The average Bonchev–Trinajstić information content (AvgIpc) is 2.94. The van der Waals surface area contributed by atoms with E-state index in [1.165, 1.54) is 47.6 Å². The maximum Gasteiger partial charge on any atom is 0.257 e. The van der Waals surface area contributed by atoms with E-state index < -0.39 is 11.4 Å². The first-order valence-corrected chi connectivity index (χ1v) is 11.5. The largest absolute Gasteiger partial charge is 0.493 e. The van der Waals surface area contributed by atoms with Gasteiger partial charge in [0.25, 0.3) is 5.91 Å². The second-order valence-electron chi connectivity index (χ2n) is 8.23. The summed E-state index contributed by atoms with van der Waals surface area (Å²) >= 11 is 0. The number of nitrogens with zero attached hydrogens (tertiary/aromatic N) is 2. The summed E-state index contributed by atoms with van der Waals surface area (Å²) in [5.41, 5.74) is -0.327. The zero-order chi connectivity index (χ0) is 27.4. The van der Waals surface area contributed by atoms with Gasteiger partial charge in [-0.2, -0.15) is 0 Å². The third kappa shape index (κ3) is 4.25. The molecule has 0 radical (unpaired) electrons. The Morgan fingerprint density at radius 1 is 0.816 bits per heavy atom. The van der Waals surface area contributed by atoms with Crippen LogP contribution in [-0.2, 0) is 15.1 Å². The zero-order valence-electron chi connectivity index (χ0n) is 22.0. The first-order chi connectivity index (χ1) is 18.4. The molecule has 3 aromatic rings. The van der Waals surface area contributed by atoms with Crippen LogP contribution in [0.2, 0.25) is 0 Å². The van der Waals surface area contributed by atoms with Crippen molar-refractivity contribution in [2.24, 2.45) is 0 Å². The van der Waals surface area contributed by atoms with Gasteiger partial charge in [-0.15, -0.1) is 0 Å². The number of aromatic nitrogens is 1. The number of carbonyl (C=O) groups excluding carboxylic acids is 2. The Labute approximate surface area is 220 Å². The maximum atomic E-state index is 14.1. The van der Waals surface area contributed by atoms with E-state index in [0.717, 1.165) is 0 Å². The van der Waals surface area contributed by atoms with Crippen molar-refractivity contribution in [1.82, 2.24) is 4.98 Å². The summed E-state index contributed by atoms with van der Waals surface area (Å²) < 4.78 is 32.6. The molecule has 38 heavy (non-hydrogen) atoms. The fourth-order valence-corrected chi connectivity index (χ4v) is 4.56. The van der Waals surface area contributed by atoms with E-state index in [9.17, 15) is 9.59 Å². The number of amides is 2. The summed E-state index contributed by atoms with van der Waals surface area (Å²) in [6, 6.07) is 11.6. The fourth-order valence-electron chi connectivity index (χ4n) is 4.56. The lowest BCUT2D eigenvalue weighted by molar-refractivity contribution is -0.137. The van der Waals surface area contributed by atoms with Crippen LogP contribution in [0.1, 0.15) is 12.1 Å². The minimum atomic E-state index is -1.47. The molecule has 1 saturated heterocycles. The van der Waals surface area contributed by atoms with Gasteiger partial charge in [0.2, 0.25) is 17.4 Å². The highest BCUT2D eigenvalue weighted by atomic mass is 16.5. The van der Waals surface area contributed by atoms with Crippen molar-refractivity contribution in [3.05, 3.63) is 54.4 Å². The van der Waals surface area contributed by atoms with Gasteiger partial charge < -0.3 is 33.7 Å².